The zero-order valence-electron chi connectivity index (χ0n) is 9.94. The van der Waals surface area contributed by atoms with Crippen LogP contribution in [-0.4, -0.2) is 29.2 Å². The number of benzene rings is 1. The van der Waals surface area contributed by atoms with E-state index in [0.29, 0.717) is 6.04 Å². The van der Waals surface area contributed by atoms with Crippen LogP contribution in [0.5, 0.6) is 0 Å². The molecule has 16 heavy (non-hydrogen) atoms. The maximum atomic E-state index is 9.15. The van der Waals surface area contributed by atoms with Gasteiger partial charge in [-0.3, -0.25) is 0 Å². The van der Waals surface area contributed by atoms with E-state index >= 15 is 0 Å². The summed E-state index contributed by atoms with van der Waals surface area (Å²) in [7, 11) is 0. The second-order valence-electron chi connectivity index (χ2n) is 4.39. The van der Waals surface area contributed by atoms with Gasteiger partial charge in [0.25, 0.3) is 0 Å². The second-order valence-corrected chi connectivity index (χ2v) is 5.54. The molecular weight excluding hydrogens is 218 g/mol. The van der Waals surface area contributed by atoms with Gasteiger partial charge in [0.2, 0.25) is 0 Å². The lowest BCUT2D eigenvalue weighted by Crippen LogP contribution is -2.40. The van der Waals surface area contributed by atoms with Crippen LogP contribution in [0.25, 0.3) is 0 Å². The van der Waals surface area contributed by atoms with Crippen LogP contribution in [0.15, 0.2) is 18.2 Å². The number of anilines is 1. The number of thioether (sulfide) groups is 1. The highest BCUT2D eigenvalue weighted by molar-refractivity contribution is 7.99. The summed E-state index contributed by atoms with van der Waals surface area (Å²) in [6, 6.07) is 6.97. The minimum absolute atomic E-state index is 0.136. The Morgan fingerprint density at radius 2 is 2.31 bits per heavy atom. The van der Waals surface area contributed by atoms with E-state index in [1.54, 1.807) is 0 Å². The largest absolute Gasteiger partial charge is 0.392 e. The predicted octanol–water partition coefficient (Wildman–Crippen LogP) is 2.43. The van der Waals surface area contributed by atoms with Gasteiger partial charge in [0.05, 0.1) is 6.61 Å². The Hall–Kier alpha value is -0.670. The maximum Gasteiger partial charge on any atom is 0.0684 e. The highest BCUT2D eigenvalue weighted by Gasteiger charge is 2.19. The third kappa shape index (κ3) is 2.36. The molecule has 0 spiro atoms. The topological polar surface area (TPSA) is 23.5 Å². The van der Waals surface area contributed by atoms with Gasteiger partial charge in [-0.25, -0.2) is 0 Å². The van der Waals surface area contributed by atoms with Gasteiger partial charge < -0.3 is 10.0 Å². The van der Waals surface area contributed by atoms with Crippen LogP contribution < -0.4 is 4.90 Å². The first kappa shape index (κ1) is 11.8. The Balaban J connectivity index is 2.22. The molecule has 2 nitrogen and oxygen atoms in total. The molecule has 0 amide bonds. The molecule has 0 aliphatic carbocycles. The van der Waals surface area contributed by atoms with Gasteiger partial charge in [-0.1, -0.05) is 6.07 Å². The van der Waals surface area contributed by atoms with E-state index in [0.717, 1.165) is 12.1 Å². The molecule has 0 aromatic heterocycles. The van der Waals surface area contributed by atoms with Crippen LogP contribution >= 0.6 is 11.8 Å². The Bertz CT molecular complexity index is 367. The molecule has 2 rings (SSSR count). The van der Waals surface area contributed by atoms with E-state index in [2.05, 4.69) is 30.9 Å². The number of nitrogens with zero attached hydrogens (tertiary/aromatic N) is 1. The molecule has 0 saturated carbocycles. The van der Waals surface area contributed by atoms with Crippen molar-refractivity contribution in [3.63, 3.8) is 0 Å². The lowest BCUT2D eigenvalue weighted by atomic mass is 10.1. The van der Waals surface area contributed by atoms with Crippen molar-refractivity contribution in [1.29, 1.82) is 0 Å². The van der Waals surface area contributed by atoms with Crippen LogP contribution in [0.1, 0.15) is 18.1 Å². The fourth-order valence-corrected chi connectivity index (χ4v) is 3.16. The molecule has 1 aliphatic rings. The normalized spacial score (nSPS) is 21.2. The summed E-state index contributed by atoms with van der Waals surface area (Å²) in [5.41, 5.74) is 3.51. The van der Waals surface area contributed by atoms with Crippen LogP contribution in [0.3, 0.4) is 0 Å². The van der Waals surface area contributed by atoms with Crippen molar-refractivity contribution >= 4 is 17.4 Å². The molecule has 1 saturated heterocycles. The molecule has 3 heteroatoms. The van der Waals surface area contributed by atoms with Gasteiger partial charge in [0, 0.05) is 29.8 Å². The highest BCUT2D eigenvalue weighted by Crippen LogP contribution is 2.25. The molecule has 1 aromatic rings. The van der Waals surface area contributed by atoms with E-state index < -0.39 is 0 Å². The standard InChI is InChI=1S/C13H19NOS/c1-10-7-13(4-3-12(10)8-15)14-5-6-16-9-11(14)2/h3-4,7,11,15H,5-6,8-9H2,1-2H3. The van der Waals surface area contributed by atoms with Crippen LogP contribution in [-0.2, 0) is 6.61 Å². The van der Waals surface area contributed by atoms with Crippen molar-refractivity contribution in [3.05, 3.63) is 29.3 Å². The van der Waals surface area contributed by atoms with Gasteiger partial charge in [-0.05, 0) is 37.1 Å². The lowest BCUT2D eigenvalue weighted by Gasteiger charge is -2.35. The molecule has 1 aliphatic heterocycles. The van der Waals surface area contributed by atoms with Crippen molar-refractivity contribution < 1.29 is 5.11 Å². The Morgan fingerprint density at radius 1 is 1.50 bits per heavy atom. The summed E-state index contributed by atoms with van der Waals surface area (Å²) in [5, 5.41) is 9.15. The second kappa shape index (κ2) is 5.11. The number of hydrogen-bond donors (Lipinski definition) is 1. The smallest absolute Gasteiger partial charge is 0.0684 e. The van der Waals surface area contributed by atoms with E-state index in [-0.39, 0.29) is 6.61 Å². The van der Waals surface area contributed by atoms with Gasteiger partial charge in [-0.2, -0.15) is 11.8 Å². The molecule has 1 N–H and O–H groups in total. The first-order chi connectivity index (χ1) is 7.72. The number of rotatable bonds is 2. The Kier molecular flexibility index (Phi) is 3.77. The van der Waals surface area contributed by atoms with Crippen molar-refractivity contribution in [2.75, 3.05) is 23.0 Å². The molecule has 1 unspecified atom stereocenters. The Labute approximate surface area is 102 Å². The van der Waals surface area contributed by atoms with E-state index in [1.165, 1.54) is 22.8 Å². The zero-order chi connectivity index (χ0) is 11.5. The molecule has 1 heterocycles. The molecule has 1 aromatic carbocycles. The van der Waals surface area contributed by atoms with Crippen molar-refractivity contribution in [1.82, 2.24) is 0 Å². The van der Waals surface area contributed by atoms with Crippen LogP contribution in [0, 0.1) is 6.92 Å². The van der Waals surface area contributed by atoms with Crippen molar-refractivity contribution in [2.45, 2.75) is 26.5 Å². The molecule has 0 bridgehead atoms. The number of aliphatic hydroxyl groups excluding tert-OH is 1. The van der Waals surface area contributed by atoms with Gasteiger partial charge in [-0.15, -0.1) is 0 Å². The minimum atomic E-state index is 0.136. The van der Waals surface area contributed by atoms with E-state index in [4.69, 9.17) is 5.11 Å². The van der Waals surface area contributed by atoms with Crippen LogP contribution in [0.4, 0.5) is 5.69 Å². The Morgan fingerprint density at radius 3 is 2.94 bits per heavy atom. The maximum absolute atomic E-state index is 9.15. The monoisotopic (exact) mass is 237 g/mol. The lowest BCUT2D eigenvalue weighted by molar-refractivity contribution is 0.281. The average molecular weight is 237 g/mol. The third-order valence-corrected chi connectivity index (χ3v) is 4.39. The van der Waals surface area contributed by atoms with E-state index in [9.17, 15) is 0 Å². The molecule has 0 radical (unpaired) electrons. The van der Waals surface area contributed by atoms with Gasteiger partial charge in [0.15, 0.2) is 0 Å². The summed E-state index contributed by atoms with van der Waals surface area (Å²) in [4.78, 5) is 2.46. The van der Waals surface area contributed by atoms with E-state index in [1.807, 2.05) is 17.8 Å². The number of hydrogen-bond acceptors (Lipinski definition) is 3. The first-order valence-corrected chi connectivity index (χ1v) is 6.92. The van der Waals surface area contributed by atoms with Crippen molar-refractivity contribution in [3.8, 4) is 0 Å². The summed E-state index contributed by atoms with van der Waals surface area (Å²) < 4.78 is 0. The highest BCUT2D eigenvalue weighted by atomic mass is 32.2. The fourth-order valence-electron chi connectivity index (χ4n) is 2.15. The predicted molar refractivity (Wildman–Crippen MR) is 71.2 cm³/mol. The number of aliphatic hydroxyl groups is 1. The molecule has 1 fully saturated rings. The van der Waals surface area contributed by atoms with Crippen molar-refractivity contribution in [2.24, 2.45) is 0 Å². The average Bonchev–Trinajstić information content (AvgIpc) is 2.29. The fraction of sp³-hybridized carbons (Fsp3) is 0.538. The van der Waals surface area contributed by atoms with Gasteiger partial charge >= 0.3 is 0 Å². The van der Waals surface area contributed by atoms with Gasteiger partial charge in [0.1, 0.15) is 0 Å². The molecule has 1 atom stereocenters. The molecular formula is C13H19NOS. The summed E-state index contributed by atoms with van der Waals surface area (Å²) in [6.45, 7) is 5.61. The molecule has 88 valence electrons. The summed E-state index contributed by atoms with van der Waals surface area (Å²) in [6.07, 6.45) is 0. The zero-order valence-corrected chi connectivity index (χ0v) is 10.8. The first-order valence-electron chi connectivity index (χ1n) is 5.77. The summed E-state index contributed by atoms with van der Waals surface area (Å²) in [5.74, 6) is 2.42. The SMILES string of the molecule is Cc1cc(N2CCSCC2C)ccc1CO. The minimum Gasteiger partial charge on any atom is -0.392 e. The van der Waals surface area contributed by atoms with Crippen LogP contribution in [0.2, 0.25) is 0 Å². The summed E-state index contributed by atoms with van der Waals surface area (Å²) >= 11 is 2.03. The third-order valence-electron chi connectivity index (χ3n) is 3.20. The quantitative estimate of drug-likeness (QED) is 0.854. The number of aryl methyl sites for hydroxylation is 1.